The first-order valence-electron chi connectivity index (χ1n) is 5.22. The van der Waals surface area contributed by atoms with Crippen LogP contribution in [0.5, 0.6) is 5.75 Å². The van der Waals surface area contributed by atoms with E-state index in [4.69, 9.17) is 34.8 Å². The number of nitrogens with one attached hydrogen (secondary N) is 1. The lowest BCUT2D eigenvalue weighted by Crippen LogP contribution is -2.00. The number of rotatable bonds is 3. The zero-order chi connectivity index (χ0) is 13.1. The minimum atomic E-state index is 0.225. The third kappa shape index (κ3) is 3.22. The van der Waals surface area contributed by atoms with Crippen LogP contribution in [0.4, 0.5) is 5.69 Å². The van der Waals surface area contributed by atoms with E-state index in [0.717, 1.165) is 5.56 Å². The molecule has 2 nitrogen and oxygen atoms in total. The largest absolute Gasteiger partial charge is 0.508 e. The molecule has 2 aromatic rings. The van der Waals surface area contributed by atoms with Crippen LogP contribution in [0.15, 0.2) is 36.4 Å². The minimum Gasteiger partial charge on any atom is -0.508 e. The Morgan fingerprint density at radius 1 is 1.00 bits per heavy atom. The first-order chi connectivity index (χ1) is 8.56. The van der Waals surface area contributed by atoms with Gasteiger partial charge in [-0.2, -0.15) is 0 Å². The van der Waals surface area contributed by atoms with Gasteiger partial charge in [-0.05, 0) is 29.8 Å². The van der Waals surface area contributed by atoms with E-state index in [0.29, 0.717) is 27.3 Å². The van der Waals surface area contributed by atoms with Crippen LogP contribution in [0.25, 0.3) is 0 Å². The van der Waals surface area contributed by atoms with Gasteiger partial charge in [-0.1, -0.05) is 46.9 Å². The van der Waals surface area contributed by atoms with Crippen molar-refractivity contribution in [1.82, 2.24) is 0 Å². The third-order valence-corrected chi connectivity index (χ3v) is 3.20. The van der Waals surface area contributed by atoms with Crippen LogP contribution in [-0.4, -0.2) is 5.11 Å². The molecule has 94 valence electrons. The second kappa shape index (κ2) is 5.70. The zero-order valence-corrected chi connectivity index (χ0v) is 11.5. The van der Waals surface area contributed by atoms with Crippen LogP contribution >= 0.6 is 34.8 Å². The maximum Gasteiger partial charge on any atom is 0.115 e. The van der Waals surface area contributed by atoms with Crippen molar-refractivity contribution in [3.63, 3.8) is 0 Å². The molecule has 0 fully saturated rings. The molecule has 0 saturated heterocycles. The second-order valence-corrected chi connectivity index (χ2v) is 5.02. The summed E-state index contributed by atoms with van der Waals surface area (Å²) in [6.45, 7) is 0.509. The Morgan fingerprint density at radius 2 is 1.67 bits per heavy atom. The lowest BCUT2D eigenvalue weighted by atomic mass is 10.2. The number of phenols is 1. The van der Waals surface area contributed by atoms with Gasteiger partial charge in [0, 0.05) is 11.6 Å². The smallest absolute Gasteiger partial charge is 0.115 e. The Labute approximate surface area is 120 Å². The van der Waals surface area contributed by atoms with Gasteiger partial charge in [-0.3, -0.25) is 0 Å². The molecule has 0 aromatic heterocycles. The summed E-state index contributed by atoms with van der Waals surface area (Å²) in [5.74, 6) is 0.225. The fraction of sp³-hybridized carbons (Fsp3) is 0.0769. The fourth-order valence-corrected chi connectivity index (χ4v) is 2.52. The number of phenolic OH excluding ortho intramolecular Hbond substituents is 1. The summed E-state index contributed by atoms with van der Waals surface area (Å²) in [6, 6.07) is 10.2. The molecular formula is C13H10Cl3NO. The van der Waals surface area contributed by atoms with Crippen molar-refractivity contribution in [2.75, 3.05) is 5.32 Å². The second-order valence-electron chi connectivity index (χ2n) is 3.77. The molecule has 0 unspecified atom stereocenters. The lowest BCUT2D eigenvalue weighted by molar-refractivity contribution is 0.474. The normalized spacial score (nSPS) is 10.4. The van der Waals surface area contributed by atoms with E-state index in [2.05, 4.69) is 5.32 Å². The molecule has 0 heterocycles. The number of hydrogen-bond acceptors (Lipinski definition) is 2. The molecule has 0 atom stereocenters. The summed E-state index contributed by atoms with van der Waals surface area (Å²) < 4.78 is 0. The average molecular weight is 303 g/mol. The molecule has 0 saturated carbocycles. The number of hydrogen-bond donors (Lipinski definition) is 2. The molecule has 2 N–H and O–H groups in total. The predicted molar refractivity (Wildman–Crippen MR) is 76.9 cm³/mol. The van der Waals surface area contributed by atoms with E-state index < -0.39 is 0 Å². The molecule has 2 aromatic carbocycles. The van der Waals surface area contributed by atoms with Gasteiger partial charge in [-0.25, -0.2) is 0 Å². The number of aromatic hydroxyl groups is 1. The van der Waals surface area contributed by atoms with Crippen molar-refractivity contribution in [3.8, 4) is 5.75 Å². The Balaban J connectivity index is 2.16. The first-order valence-corrected chi connectivity index (χ1v) is 6.36. The van der Waals surface area contributed by atoms with E-state index in [1.165, 1.54) is 0 Å². The van der Waals surface area contributed by atoms with Gasteiger partial charge in [0.25, 0.3) is 0 Å². The fourth-order valence-electron chi connectivity index (χ4n) is 1.57. The highest BCUT2D eigenvalue weighted by atomic mass is 35.5. The molecular weight excluding hydrogens is 293 g/mol. The van der Waals surface area contributed by atoms with Gasteiger partial charge >= 0.3 is 0 Å². The monoisotopic (exact) mass is 301 g/mol. The third-order valence-electron chi connectivity index (χ3n) is 2.39. The molecule has 0 bridgehead atoms. The van der Waals surface area contributed by atoms with Crippen LogP contribution in [0.2, 0.25) is 15.1 Å². The maximum absolute atomic E-state index is 9.36. The van der Waals surface area contributed by atoms with E-state index in [9.17, 15) is 5.11 Å². The number of halogens is 3. The van der Waals surface area contributed by atoms with Crippen molar-refractivity contribution in [3.05, 3.63) is 57.0 Å². The first kappa shape index (κ1) is 13.3. The van der Waals surface area contributed by atoms with Gasteiger partial charge in [0.1, 0.15) is 5.75 Å². The molecule has 0 amide bonds. The predicted octanol–water partition coefficient (Wildman–Crippen LogP) is 4.96. The van der Waals surface area contributed by atoms with Crippen LogP contribution in [-0.2, 0) is 6.54 Å². The van der Waals surface area contributed by atoms with Gasteiger partial charge in [0.05, 0.1) is 15.7 Å². The van der Waals surface area contributed by atoms with E-state index >= 15 is 0 Å². The van der Waals surface area contributed by atoms with Gasteiger partial charge in [-0.15, -0.1) is 0 Å². The van der Waals surface area contributed by atoms with Crippen LogP contribution < -0.4 is 5.32 Å². The zero-order valence-electron chi connectivity index (χ0n) is 9.25. The number of anilines is 1. The quantitative estimate of drug-likeness (QED) is 0.839. The molecule has 0 spiro atoms. The number of benzene rings is 2. The lowest BCUT2D eigenvalue weighted by Gasteiger charge is -2.11. The Bertz CT molecular complexity index is 549. The van der Waals surface area contributed by atoms with Gasteiger partial charge < -0.3 is 10.4 Å². The van der Waals surface area contributed by atoms with E-state index in [1.54, 1.807) is 30.3 Å². The summed E-state index contributed by atoms with van der Waals surface area (Å²) in [5, 5.41) is 13.9. The van der Waals surface area contributed by atoms with E-state index in [-0.39, 0.29) is 5.75 Å². The van der Waals surface area contributed by atoms with Crippen LogP contribution in [0, 0.1) is 0 Å². The van der Waals surface area contributed by atoms with Gasteiger partial charge in [0.2, 0.25) is 0 Å². The van der Waals surface area contributed by atoms with E-state index in [1.807, 2.05) is 6.07 Å². The summed E-state index contributed by atoms with van der Waals surface area (Å²) in [4.78, 5) is 0. The van der Waals surface area contributed by atoms with Crippen molar-refractivity contribution in [2.24, 2.45) is 0 Å². The minimum absolute atomic E-state index is 0.225. The Morgan fingerprint density at radius 3 is 2.28 bits per heavy atom. The van der Waals surface area contributed by atoms with Crippen molar-refractivity contribution >= 4 is 40.5 Å². The molecule has 0 aliphatic heterocycles. The molecule has 5 heteroatoms. The van der Waals surface area contributed by atoms with Crippen molar-refractivity contribution in [1.29, 1.82) is 0 Å². The summed E-state index contributed by atoms with van der Waals surface area (Å²) in [5.41, 5.74) is 1.56. The molecule has 0 radical (unpaired) electrons. The Kier molecular flexibility index (Phi) is 4.23. The average Bonchev–Trinajstić information content (AvgIpc) is 2.27. The highest BCUT2D eigenvalue weighted by Gasteiger charge is 2.07. The van der Waals surface area contributed by atoms with Crippen molar-refractivity contribution in [2.45, 2.75) is 6.54 Å². The van der Waals surface area contributed by atoms with Gasteiger partial charge in [0.15, 0.2) is 0 Å². The summed E-state index contributed by atoms with van der Waals surface area (Å²) in [6.07, 6.45) is 0. The molecule has 2 rings (SSSR count). The molecule has 0 aliphatic rings. The summed E-state index contributed by atoms with van der Waals surface area (Å²) >= 11 is 17.9. The molecule has 18 heavy (non-hydrogen) atoms. The Hall–Kier alpha value is -1.09. The highest BCUT2D eigenvalue weighted by Crippen LogP contribution is 2.33. The maximum atomic E-state index is 9.36. The molecule has 0 aliphatic carbocycles. The van der Waals surface area contributed by atoms with Crippen LogP contribution in [0.1, 0.15) is 5.56 Å². The summed E-state index contributed by atoms with van der Waals surface area (Å²) in [7, 11) is 0. The standard InChI is InChI=1S/C13H10Cl3NO/c14-9-5-11(15)13(12(16)6-9)17-7-8-2-1-3-10(18)4-8/h1-6,17-18H,7H2. The highest BCUT2D eigenvalue weighted by molar-refractivity contribution is 6.41. The SMILES string of the molecule is Oc1cccc(CNc2c(Cl)cc(Cl)cc2Cl)c1. The topological polar surface area (TPSA) is 32.3 Å². The van der Waals surface area contributed by atoms with Crippen molar-refractivity contribution < 1.29 is 5.11 Å². The van der Waals surface area contributed by atoms with Crippen LogP contribution in [0.3, 0.4) is 0 Å².